The molecule has 3 aliphatic rings. The summed E-state index contributed by atoms with van der Waals surface area (Å²) in [7, 11) is 0. The van der Waals surface area contributed by atoms with Crippen molar-refractivity contribution in [1.82, 2.24) is 9.80 Å². The fraction of sp³-hybridized carbons (Fsp3) is 0.458. The van der Waals surface area contributed by atoms with Crippen LogP contribution >= 0.6 is 0 Å². The molecular weight excluding hydrogens is 380 g/mol. The number of fused-ring (bicyclic) bond motifs is 1. The number of hydrogen-bond acceptors (Lipinski definition) is 5. The van der Waals surface area contributed by atoms with Crippen LogP contribution in [0, 0.1) is 5.41 Å². The lowest BCUT2D eigenvalue weighted by Crippen LogP contribution is -2.64. The quantitative estimate of drug-likeness (QED) is 0.837. The van der Waals surface area contributed by atoms with Gasteiger partial charge in [-0.05, 0) is 62.6 Å². The summed E-state index contributed by atoms with van der Waals surface area (Å²) in [4.78, 5) is 17.6. The van der Waals surface area contributed by atoms with Gasteiger partial charge in [0.2, 0.25) is 6.79 Å². The van der Waals surface area contributed by atoms with Crippen LogP contribution in [-0.4, -0.2) is 53.3 Å². The Hall–Kier alpha value is -2.73. The van der Waals surface area contributed by atoms with E-state index >= 15 is 0 Å². The molecule has 0 saturated carbocycles. The van der Waals surface area contributed by atoms with E-state index in [2.05, 4.69) is 18.7 Å². The Morgan fingerprint density at radius 1 is 1.07 bits per heavy atom. The number of ether oxygens (including phenoxy) is 2. The SMILES string of the molecule is CC(C)N1CC2(CCN(C(=O)c3ccc4c(c3)OCO4)CC2)C1c1ccc(O)cc1. The first-order chi connectivity index (χ1) is 14.5. The molecule has 0 aliphatic carbocycles. The van der Waals surface area contributed by atoms with E-state index in [1.54, 1.807) is 18.2 Å². The van der Waals surface area contributed by atoms with Crippen LogP contribution in [0.25, 0.3) is 0 Å². The number of phenols is 1. The summed E-state index contributed by atoms with van der Waals surface area (Å²) in [5.41, 5.74) is 2.10. The van der Waals surface area contributed by atoms with Gasteiger partial charge in [0, 0.05) is 42.7 Å². The van der Waals surface area contributed by atoms with Gasteiger partial charge in [0.1, 0.15) is 5.75 Å². The van der Waals surface area contributed by atoms with Crippen LogP contribution in [-0.2, 0) is 0 Å². The number of phenolic OH excluding ortho intramolecular Hbond substituents is 1. The molecule has 1 amide bonds. The van der Waals surface area contributed by atoms with Crippen LogP contribution < -0.4 is 9.47 Å². The van der Waals surface area contributed by atoms with E-state index in [1.165, 1.54) is 5.56 Å². The van der Waals surface area contributed by atoms with Crippen molar-refractivity contribution in [2.45, 2.75) is 38.8 Å². The van der Waals surface area contributed by atoms with Crippen LogP contribution in [0.5, 0.6) is 17.2 Å². The molecule has 6 nitrogen and oxygen atoms in total. The Bertz CT molecular complexity index is 948. The molecular formula is C24H28N2O4. The van der Waals surface area contributed by atoms with Gasteiger partial charge in [-0.1, -0.05) is 12.1 Å². The normalized spacial score (nSPS) is 22.4. The molecule has 1 N–H and O–H groups in total. The van der Waals surface area contributed by atoms with Gasteiger partial charge < -0.3 is 19.5 Å². The Morgan fingerprint density at radius 2 is 1.77 bits per heavy atom. The molecule has 30 heavy (non-hydrogen) atoms. The number of piperidine rings is 1. The maximum absolute atomic E-state index is 13.1. The van der Waals surface area contributed by atoms with Crippen LogP contribution in [0.4, 0.5) is 0 Å². The van der Waals surface area contributed by atoms with Gasteiger partial charge in [-0.25, -0.2) is 0 Å². The van der Waals surface area contributed by atoms with E-state index in [1.807, 2.05) is 29.2 Å². The molecule has 1 spiro atoms. The number of nitrogens with zero attached hydrogens (tertiary/aromatic N) is 2. The third kappa shape index (κ3) is 3.10. The number of hydrogen-bond donors (Lipinski definition) is 1. The number of aromatic hydroxyl groups is 1. The van der Waals surface area contributed by atoms with E-state index in [4.69, 9.17) is 9.47 Å². The molecule has 2 fully saturated rings. The smallest absolute Gasteiger partial charge is 0.253 e. The fourth-order valence-corrected chi connectivity index (χ4v) is 5.26. The third-order valence-corrected chi connectivity index (χ3v) is 6.95. The number of benzene rings is 2. The average molecular weight is 408 g/mol. The second-order valence-corrected chi connectivity index (χ2v) is 8.98. The van der Waals surface area contributed by atoms with Crippen molar-refractivity contribution >= 4 is 5.91 Å². The van der Waals surface area contributed by atoms with Crippen molar-refractivity contribution in [1.29, 1.82) is 0 Å². The van der Waals surface area contributed by atoms with Gasteiger partial charge in [-0.15, -0.1) is 0 Å². The highest BCUT2D eigenvalue weighted by molar-refractivity contribution is 5.95. The number of amides is 1. The lowest BCUT2D eigenvalue weighted by atomic mass is 9.62. The number of carbonyl (C=O) groups excluding carboxylic acids is 1. The molecule has 158 valence electrons. The molecule has 0 bridgehead atoms. The van der Waals surface area contributed by atoms with Crippen molar-refractivity contribution < 1.29 is 19.4 Å². The zero-order valence-electron chi connectivity index (χ0n) is 17.5. The van der Waals surface area contributed by atoms with Crippen LogP contribution in [0.15, 0.2) is 42.5 Å². The molecule has 0 radical (unpaired) electrons. The monoisotopic (exact) mass is 408 g/mol. The molecule has 1 unspecified atom stereocenters. The summed E-state index contributed by atoms with van der Waals surface area (Å²) in [5.74, 6) is 1.70. The van der Waals surface area contributed by atoms with E-state index in [0.29, 0.717) is 34.9 Å². The Balaban J connectivity index is 1.31. The minimum atomic E-state index is 0.0596. The third-order valence-electron chi connectivity index (χ3n) is 6.95. The average Bonchev–Trinajstić information content (AvgIpc) is 3.21. The number of carbonyl (C=O) groups is 1. The summed E-state index contributed by atoms with van der Waals surface area (Å²) >= 11 is 0. The molecule has 3 aliphatic heterocycles. The summed E-state index contributed by atoms with van der Waals surface area (Å²) < 4.78 is 10.8. The number of rotatable bonds is 3. The predicted molar refractivity (Wildman–Crippen MR) is 113 cm³/mol. The maximum atomic E-state index is 13.1. The molecule has 2 saturated heterocycles. The molecule has 5 rings (SSSR count). The van der Waals surface area contributed by atoms with Crippen molar-refractivity contribution in [3.8, 4) is 17.2 Å². The van der Waals surface area contributed by atoms with E-state index < -0.39 is 0 Å². The first-order valence-electron chi connectivity index (χ1n) is 10.7. The lowest BCUT2D eigenvalue weighted by molar-refractivity contribution is -0.124. The molecule has 6 heteroatoms. The second kappa shape index (κ2) is 7.20. The van der Waals surface area contributed by atoms with Gasteiger partial charge in [0.25, 0.3) is 5.91 Å². The summed E-state index contributed by atoms with van der Waals surface area (Å²) in [6, 6.07) is 13.9. The topological polar surface area (TPSA) is 62.2 Å². The zero-order chi connectivity index (χ0) is 20.9. The fourth-order valence-electron chi connectivity index (χ4n) is 5.26. The van der Waals surface area contributed by atoms with Gasteiger partial charge in [0.15, 0.2) is 11.5 Å². The summed E-state index contributed by atoms with van der Waals surface area (Å²) in [5, 5.41) is 9.69. The molecule has 1 atom stereocenters. The largest absolute Gasteiger partial charge is 0.508 e. The molecule has 0 aromatic heterocycles. The number of likely N-dealkylation sites (tertiary alicyclic amines) is 2. The summed E-state index contributed by atoms with van der Waals surface area (Å²) in [6.45, 7) is 7.26. The van der Waals surface area contributed by atoms with Crippen LogP contribution in [0.1, 0.15) is 48.7 Å². The van der Waals surface area contributed by atoms with E-state index in [-0.39, 0.29) is 18.1 Å². The summed E-state index contributed by atoms with van der Waals surface area (Å²) in [6.07, 6.45) is 1.97. The van der Waals surface area contributed by atoms with Crippen LogP contribution in [0.2, 0.25) is 0 Å². The molecule has 2 aromatic rings. The maximum Gasteiger partial charge on any atom is 0.253 e. The van der Waals surface area contributed by atoms with Gasteiger partial charge in [-0.3, -0.25) is 9.69 Å². The highest BCUT2D eigenvalue weighted by Gasteiger charge is 2.54. The van der Waals surface area contributed by atoms with E-state index in [9.17, 15) is 9.90 Å². The van der Waals surface area contributed by atoms with Crippen LogP contribution in [0.3, 0.4) is 0 Å². The zero-order valence-corrected chi connectivity index (χ0v) is 17.5. The second-order valence-electron chi connectivity index (χ2n) is 8.98. The molecule has 2 aromatic carbocycles. The highest BCUT2D eigenvalue weighted by Crippen LogP contribution is 2.55. The first-order valence-corrected chi connectivity index (χ1v) is 10.7. The Kier molecular flexibility index (Phi) is 4.62. The Morgan fingerprint density at radius 3 is 2.47 bits per heavy atom. The highest BCUT2D eigenvalue weighted by atomic mass is 16.7. The van der Waals surface area contributed by atoms with Crippen molar-refractivity contribution in [3.63, 3.8) is 0 Å². The Labute approximate surface area is 177 Å². The first kappa shape index (κ1) is 19.2. The van der Waals surface area contributed by atoms with Crippen molar-refractivity contribution in [2.75, 3.05) is 26.4 Å². The van der Waals surface area contributed by atoms with Crippen molar-refractivity contribution in [3.05, 3.63) is 53.6 Å². The van der Waals surface area contributed by atoms with Gasteiger partial charge >= 0.3 is 0 Å². The minimum absolute atomic E-state index is 0.0596. The van der Waals surface area contributed by atoms with E-state index in [0.717, 1.165) is 32.5 Å². The lowest BCUT2D eigenvalue weighted by Gasteiger charge is -2.62. The molecule has 3 heterocycles. The minimum Gasteiger partial charge on any atom is -0.508 e. The van der Waals surface area contributed by atoms with Gasteiger partial charge in [-0.2, -0.15) is 0 Å². The standard InChI is InChI=1S/C24H28N2O4/c1-16(2)26-14-24(22(26)17-3-6-19(27)7-4-17)9-11-25(12-10-24)23(28)18-5-8-20-21(13-18)30-15-29-20/h3-8,13,16,22,27H,9-12,14-15H2,1-2H3. The van der Waals surface area contributed by atoms with Gasteiger partial charge in [0.05, 0.1) is 0 Å². The predicted octanol–water partition coefficient (Wildman–Crippen LogP) is 3.81. The van der Waals surface area contributed by atoms with Crippen molar-refractivity contribution in [2.24, 2.45) is 5.41 Å².